The lowest BCUT2D eigenvalue weighted by Crippen LogP contribution is -2.39. The predicted molar refractivity (Wildman–Crippen MR) is 88.4 cm³/mol. The number of nitrogens with zero attached hydrogens (tertiary/aromatic N) is 1. The van der Waals surface area contributed by atoms with Crippen LogP contribution in [0.25, 0.3) is 0 Å². The molecule has 1 aliphatic rings. The molecule has 0 spiro atoms. The van der Waals surface area contributed by atoms with Crippen LogP contribution in [0, 0.1) is 6.92 Å². The number of rotatable bonds is 5. The molecule has 112 valence electrons. The first-order valence-corrected chi connectivity index (χ1v) is 8.21. The Kier molecular flexibility index (Phi) is 5.47. The smallest absolute Gasteiger partial charge is 0.0398 e. The van der Waals surface area contributed by atoms with Crippen molar-refractivity contribution < 1.29 is 0 Å². The molecule has 0 aromatic heterocycles. The molecular weight excluding hydrogens is 244 g/mol. The molecule has 1 fully saturated rings. The second-order valence-electron chi connectivity index (χ2n) is 6.41. The standard InChI is InChI=1S/C18H30N2/c1-5-17-8-6-7-11-20(17)18-10-9-16(12-15(18)4)13-19-14(2)3/h9-10,12,14,17,19H,5-8,11,13H2,1-4H3. The molecule has 1 N–H and O–H groups in total. The van der Waals surface area contributed by atoms with Crippen molar-refractivity contribution in [1.82, 2.24) is 5.32 Å². The van der Waals surface area contributed by atoms with Crippen molar-refractivity contribution in [3.05, 3.63) is 29.3 Å². The molecule has 1 aliphatic heterocycles. The minimum Gasteiger partial charge on any atom is -0.368 e. The molecule has 0 bridgehead atoms. The third kappa shape index (κ3) is 3.76. The maximum absolute atomic E-state index is 3.49. The third-order valence-corrected chi connectivity index (χ3v) is 4.38. The second kappa shape index (κ2) is 7.12. The van der Waals surface area contributed by atoms with Crippen LogP contribution in [0.2, 0.25) is 0 Å². The number of piperidine rings is 1. The zero-order valence-corrected chi connectivity index (χ0v) is 13.6. The molecule has 0 saturated carbocycles. The summed E-state index contributed by atoms with van der Waals surface area (Å²) in [5.74, 6) is 0. The van der Waals surface area contributed by atoms with Crippen molar-refractivity contribution in [2.75, 3.05) is 11.4 Å². The Balaban J connectivity index is 2.12. The van der Waals surface area contributed by atoms with E-state index in [9.17, 15) is 0 Å². The topological polar surface area (TPSA) is 15.3 Å². The summed E-state index contributed by atoms with van der Waals surface area (Å²) in [5, 5.41) is 3.49. The SMILES string of the molecule is CCC1CCCCN1c1ccc(CNC(C)C)cc1C. The van der Waals surface area contributed by atoms with Crippen molar-refractivity contribution in [3.63, 3.8) is 0 Å². The van der Waals surface area contributed by atoms with Gasteiger partial charge in [-0.25, -0.2) is 0 Å². The number of benzene rings is 1. The van der Waals surface area contributed by atoms with E-state index in [4.69, 9.17) is 0 Å². The molecule has 0 radical (unpaired) electrons. The second-order valence-corrected chi connectivity index (χ2v) is 6.41. The van der Waals surface area contributed by atoms with Gasteiger partial charge in [0, 0.05) is 30.9 Å². The van der Waals surface area contributed by atoms with Gasteiger partial charge >= 0.3 is 0 Å². The number of hydrogen-bond donors (Lipinski definition) is 1. The molecule has 2 rings (SSSR count). The first-order valence-electron chi connectivity index (χ1n) is 8.21. The minimum atomic E-state index is 0.543. The van der Waals surface area contributed by atoms with Gasteiger partial charge in [0.1, 0.15) is 0 Å². The van der Waals surface area contributed by atoms with Gasteiger partial charge in [0.15, 0.2) is 0 Å². The summed E-state index contributed by atoms with van der Waals surface area (Å²) in [6.07, 6.45) is 5.35. The molecule has 1 aromatic carbocycles. The van der Waals surface area contributed by atoms with Crippen molar-refractivity contribution in [2.24, 2.45) is 0 Å². The lowest BCUT2D eigenvalue weighted by Gasteiger charge is -2.38. The van der Waals surface area contributed by atoms with E-state index in [1.165, 1.54) is 49.0 Å². The summed E-state index contributed by atoms with van der Waals surface area (Å²) in [4.78, 5) is 2.64. The predicted octanol–water partition coefficient (Wildman–Crippen LogP) is 4.26. The fourth-order valence-corrected chi connectivity index (χ4v) is 3.21. The lowest BCUT2D eigenvalue weighted by atomic mass is 9.97. The molecule has 0 aliphatic carbocycles. The van der Waals surface area contributed by atoms with Crippen molar-refractivity contribution in [2.45, 2.75) is 72.0 Å². The maximum Gasteiger partial charge on any atom is 0.0398 e. The molecule has 1 unspecified atom stereocenters. The van der Waals surface area contributed by atoms with Crippen molar-refractivity contribution in [1.29, 1.82) is 0 Å². The van der Waals surface area contributed by atoms with Crippen LogP contribution in [-0.2, 0) is 6.54 Å². The highest BCUT2D eigenvalue weighted by Gasteiger charge is 2.22. The highest BCUT2D eigenvalue weighted by Crippen LogP contribution is 2.29. The first-order chi connectivity index (χ1) is 9.61. The summed E-state index contributed by atoms with van der Waals surface area (Å²) in [5.41, 5.74) is 4.27. The van der Waals surface area contributed by atoms with Gasteiger partial charge in [-0.05, 0) is 49.8 Å². The van der Waals surface area contributed by atoms with Crippen molar-refractivity contribution in [3.8, 4) is 0 Å². The van der Waals surface area contributed by atoms with Crippen LogP contribution in [0.1, 0.15) is 57.6 Å². The molecule has 1 saturated heterocycles. The fourth-order valence-electron chi connectivity index (χ4n) is 3.21. The molecule has 2 nitrogen and oxygen atoms in total. The van der Waals surface area contributed by atoms with Crippen LogP contribution in [0.5, 0.6) is 0 Å². The average Bonchev–Trinajstić information content (AvgIpc) is 2.45. The highest BCUT2D eigenvalue weighted by atomic mass is 15.2. The Morgan fingerprint density at radius 2 is 2.10 bits per heavy atom. The van der Waals surface area contributed by atoms with E-state index < -0.39 is 0 Å². The van der Waals surface area contributed by atoms with Gasteiger partial charge in [-0.15, -0.1) is 0 Å². The van der Waals surface area contributed by atoms with E-state index in [1.807, 2.05) is 0 Å². The van der Waals surface area contributed by atoms with Crippen LogP contribution in [-0.4, -0.2) is 18.6 Å². The number of hydrogen-bond acceptors (Lipinski definition) is 2. The number of anilines is 1. The molecule has 1 aromatic rings. The normalized spacial score (nSPS) is 19.6. The number of aryl methyl sites for hydroxylation is 1. The summed E-state index contributed by atoms with van der Waals surface area (Å²) in [7, 11) is 0. The Morgan fingerprint density at radius 1 is 1.30 bits per heavy atom. The molecule has 20 heavy (non-hydrogen) atoms. The summed E-state index contributed by atoms with van der Waals surface area (Å²) < 4.78 is 0. The largest absolute Gasteiger partial charge is 0.368 e. The monoisotopic (exact) mass is 274 g/mol. The summed E-state index contributed by atoms with van der Waals surface area (Å²) in [6.45, 7) is 11.2. The first kappa shape index (κ1) is 15.4. The molecule has 2 heteroatoms. The average molecular weight is 274 g/mol. The van der Waals surface area contributed by atoms with Gasteiger partial charge in [0.05, 0.1) is 0 Å². The Labute approximate surface area is 124 Å². The van der Waals surface area contributed by atoms with E-state index in [0.29, 0.717) is 6.04 Å². The van der Waals surface area contributed by atoms with Crippen LogP contribution in [0.15, 0.2) is 18.2 Å². The van der Waals surface area contributed by atoms with E-state index in [-0.39, 0.29) is 0 Å². The van der Waals surface area contributed by atoms with Gasteiger partial charge in [-0.3, -0.25) is 0 Å². The van der Waals surface area contributed by atoms with Crippen LogP contribution in [0.3, 0.4) is 0 Å². The third-order valence-electron chi connectivity index (χ3n) is 4.38. The number of nitrogens with one attached hydrogen (secondary N) is 1. The van der Waals surface area contributed by atoms with Gasteiger partial charge < -0.3 is 10.2 Å². The van der Waals surface area contributed by atoms with Gasteiger partial charge in [-0.1, -0.05) is 32.9 Å². The summed E-state index contributed by atoms with van der Waals surface area (Å²) >= 11 is 0. The zero-order valence-electron chi connectivity index (χ0n) is 13.6. The maximum atomic E-state index is 3.49. The molecule has 1 atom stereocenters. The van der Waals surface area contributed by atoms with Crippen LogP contribution >= 0.6 is 0 Å². The van der Waals surface area contributed by atoms with E-state index >= 15 is 0 Å². The molecule has 1 heterocycles. The van der Waals surface area contributed by atoms with E-state index in [1.54, 1.807) is 0 Å². The van der Waals surface area contributed by atoms with Crippen molar-refractivity contribution >= 4 is 5.69 Å². The Bertz CT molecular complexity index is 425. The Hall–Kier alpha value is -1.02. The highest BCUT2D eigenvalue weighted by molar-refractivity contribution is 5.55. The quantitative estimate of drug-likeness (QED) is 0.863. The molecular formula is C18H30N2. The van der Waals surface area contributed by atoms with Crippen LogP contribution < -0.4 is 10.2 Å². The minimum absolute atomic E-state index is 0.543. The van der Waals surface area contributed by atoms with Gasteiger partial charge in [0.25, 0.3) is 0 Å². The summed E-state index contributed by atoms with van der Waals surface area (Å²) in [6, 6.07) is 8.26. The fraction of sp³-hybridized carbons (Fsp3) is 0.667. The molecule has 0 amide bonds. The Morgan fingerprint density at radius 3 is 2.75 bits per heavy atom. The zero-order chi connectivity index (χ0) is 14.5. The van der Waals surface area contributed by atoms with Gasteiger partial charge in [-0.2, -0.15) is 0 Å². The van der Waals surface area contributed by atoms with Gasteiger partial charge in [0.2, 0.25) is 0 Å². The van der Waals surface area contributed by atoms with E-state index in [0.717, 1.165) is 12.6 Å². The van der Waals surface area contributed by atoms with Crippen LogP contribution in [0.4, 0.5) is 5.69 Å². The van der Waals surface area contributed by atoms with E-state index in [2.05, 4.69) is 56.1 Å². The lowest BCUT2D eigenvalue weighted by molar-refractivity contribution is 0.449.